The van der Waals surface area contributed by atoms with E-state index in [-0.39, 0.29) is 24.2 Å². The molecular formula is C11H11BrClNOS. The second-order valence-corrected chi connectivity index (χ2v) is 5.00. The van der Waals surface area contributed by atoms with Crippen LogP contribution in [-0.2, 0) is 0 Å². The van der Waals surface area contributed by atoms with Crippen molar-refractivity contribution in [2.45, 2.75) is 6.04 Å². The Balaban J connectivity index is 0.00000128. The zero-order chi connectivity index (χ0) is 10.8. The monoisotopic (exact) mass is 319 g/mol. The zero-order valence-electron chi connectivity index (χ0n) is 8.26. The van der Waals surface area contributed by atoms with Crippen molar-refractivity contribution in [3.05, 3.63) is 50.6 Å². The highest BCUT2D eigenvalue weighted by Gasteiger charge is 2.15. The van der Waals surface area contributed by atoms with E-state index in [0.29, 0.717) is 4.47 Å². The van der Waals surface area contributed by atoms with E-state index in [2.05, 4.69) is 15.9 Å². The number of hydrogen-bond donors (Lipinski definition) is 2. The molecule has 0 bridgehead atoms. The summed E-state index contributed by atoms with van der Waals surface area (Å²) in [6, 6.07) is 9.16. The third kappa shape index (κ3) is 2.58. The van der Waals surface area contributed by atoms with Gasteiger partial charge in [-0.05, 0) is 33.4 Å². The molecule has 0 saturated heterocycles. The summed E-state index contributed by atoms with van der Waals surface area (Å²) in [4.78, 5) is 1.04. The van der Waals surface area contributed by atoms with Gasteiger partial charge in [0.1, 0.15) is 5.75 Å². The second-order valence-electron chi connectivity index (χ2n) is 3.17. The van der Waals surface area contributed by atoms with E-state index in [1.807, 2.05) is 29.6 Å². The quantitative estimate of drug-likeness (QED) is 0.886. The van der Waals surface area contributed by atoms with Gasteiger partial charge in [0.2, 0.25) is 0 Å². The smallest absolute Gasteiger partial charge is 0.134 e. The molecule has 1 atom stereocenters. The fraction of sp³-hybridized carbons (Fsp3) is 0.0909. The summed E-state index contributed by atoms with van der Waals surface area (Å²) in [6.45, 7) is 0. The van der Waals surface area contributed by atoms with Crippen LogP contribution in [0.15, 0.2) is 40.2 Å². The van der Waals surface area contributed by atoms with Gasteiger partial charge in [-0.15, -0.1) is 23.7 Å². The minimum Gasteiger partial charge on any atom is -0.506 e. The molecule has 0 aliphatic rings. The summed E-state index contributed by atoms with van der Waals surface area (Å²) in [5.41, 5.74) is 6.80. The van der Waals surface area contributed by atoms with E-state index in [9.17, 15) is 5.11 Å². The van der Waals surface area contributed by atoms with E-state index < -0.39 is 0 Å². The predicted molar refractivity (Wildman–Crippen MR) is 73.4 cm³/mol. The average molecular weight is 321 g/mol. The van der Waals surface area contributed by atoms with Crippen LogP contribution in [0.5, 0.6) is 5.75 Å². The number of halogens is 2. The van der Waals surface area contributed by atoms with Crippen molar-refractivity contribution < 1.29 is 5.11 Å². The van der Waals surface area contributed by atoms with Crippen LogP contribution in [0.2, 0.25) is 0 Å². The maximum atomic E-state index is 9.84. The van der Waals surface area contributed by atoms with Crippen LogP contribution in [0.4, 0.5) is 0 Å². The molecule has 0 radical (unpaired) electrons. The molecule has 2 rings (SSSR count). The van der Waals surface area contributed by atoms with Crippen LogP contribution < -0.4 is 5.73 Å². The Labute approximate surface area is 113 Å². The molecule has 0 aliphatic heterocycles. The number of thiophene rings is 1. The number of aromatic hydroxyl groups is 1. The number of hydrogen-bond acceptors (Lipinski definition) is 3. The number of phenols is 1. The number of phenolic OH excluding ortho intramolecular Hbond substituents is 1. The van der Waals surface area contributed by atoms with Gasteiger partial charge in [-0.2, -0.15) is 0 Å². The fourth-order valence-corrected chi connectivity index (χ4v) is 2.53. The van der Waals surface area contributed by atoms with Crippen LogP contribution >= 0.6 is 39.7 Å². The highest BCUT2D eigenvalue weighted by molar-refractivity contribution is 9.10. The van der Waals surface area contributed by atoms with Gasteiger partial charge < -0.3 is 10.8 Å². The Bertz CT molecular complexity index is 461. The topological polar surface area (TPSA) is 46.2 Å². The van der Waals surface area contributed by atoms with Gasteiger partial charge >= 0.3 is 0 Å². The Morgan fingerprint density at radius 1 is 1.25 bits per heavy atom. The second kappa shape index (κ2) is 5.68. The largest absolute Gasteiger partial charge is 0.506 e. The highest BCUT2D eigenvalue weighted by atomic mass is 79.9. The predicted octanol–water partition coefficient (Wildman–Crippen LogP) is 3.69. The number of nitrogens with two attached hydrogens (primary N) is 1. The van der Waals surface area contributed by atoms with Gasteiger partial charge in [0.05, 0.1) is 10.5 Å². The third-order valence-electron chi connectivity index (χ3n) is 2.20. The SMILES string of the molecule is Cl.N[C@H](c1cccs1)c1cccc(Br)c1O. The Morgan fingerprint density at radius 3 is 2.62 bits per heavy atom. The summed E-state index contributed by atoms with van der Waals surface area (Å²) in [7, 11) is 0. The molecule has 86 valence electrons. The van der Waals surface area contributed by atoms with Gasteiger partial charge in [0.15, 0.2) is 0 Å². The van der Waals surface area contributed by atoms with Gasteiger partial charge in [-0.3, -0.25) is 0 Å². The molecule has 2 nitrogen and oxygen atoms in total. The summed E-state index contributed by atoms with van der Waals surface area (Å²) in [5.74, 6) is 0.221. The molecule has 0 saturated carbocycles. The summed E-state index contributed by atoms with van der Waals surface area (Å²) >= 11 is 4.86. The minimum atomic E-state index is -0.262. The Morgan fingerprint density at radius 2 is 2.00 bits per heavy atom. The molecule has 3 N–H and O–H groups in total. The van der Waals surface area contributed by atoms with Crippen LogP contribution in [0.1, 0.15) is 16.5 Å². The lowest BCUT2D eigenvalue weighted by molar-refractivity contribution is 0.462. The minimum absolute atomic E-state index is 0. The zero-order valence-corrected chi connectivity index (χ0v) is 11.5. The lowest BCUT2D eigenvalue weighted by Gasteiger charge is -2.12. The van der Waals surface area contributed by atoms with Gasteiger partial charge in [0, 0.05) is 10.4 Å². The first kappa shape index (κ1) is 13.5. The molecule has 0 amide bonds. The van der Waals surface area contributed by atoms with Crippen molar-refractivity contribution >= 4 is 39.7 Å². The highest BCUT2D eigenvalue weighted by Crippen LogP contribution is 2.34. The van der Waals surface area contributed by atoms with Crippen molar-refractivity contribution in [1.29, 1.82) is 0 Å². The van der Waals surface area contributed by atoms with E-state index in [1.54, 1.807) is 17.4 Å². The molecule has 1 aromatic carbocycles. The lowest BCUT2D eigenvalue weighted by Crippen LogP contribution is -2.10. The van der Waals surface area contributed by atoms with Crippen molar-refractivity contribution in [1.82, 2.24) is 0 Å². The molecule has 16 heavy (non-hydrogen) atoms. The summed E-state index contributed by atoms with van der Waals surface area (Å²) < 4.78 is 0.673. The molecule has 0 unspecified atom stereocenters. The third-order valence-corrected chi connectivity index (χ3v) is 3.80. The van der Waals surface area contributed by atoms with E-state index in [4.69, 9.17) is 5.73 Å². The van der Waals surface area contributed by atoms with Crippen molar-refractivity contribution in [2.75, 3.05) is 0 Å². The Hall–Kier alpha value is -0.550. The van der Waals surface area contributed by atoms with Crippen LogP contribution in [0, 0.1) is 0 Å². The van der Waals surface area contributed by atoms with Crippen LogP contribution in [0.25, 0.3) is 0 Å². The molecule has 2 aromatic rings. The van der Waals surface area contributed by atoms with Crippen LogP contribution in [-0.4, -0.2) is 5.11 Å². The van der Waals surface area contributed by atoms with Gasteiger partial charge in [-0.25, -0.2) is 0 Å². The molecule has 1 heterocycles. The first-order chi connectivity index (χ1) is 7.20. The van der Waals surface area contributed by atoms with Crippen molar-refractivity contribution in [3.63, 3.8) is 0 Å². The van der Waals surface area contributed by atoms with Crippen molar-refractivity contribution in [3.8, 4) is 5.75 Å². The molecule has 5 heteroatoms. The molecular weight excluding hydrogens is 310 g/mol. The van der Waals surface area contributed by atoms with Crippen molar-refractivity contribution in [2.24, 2.45) is 5.73 Å². The average Bonchev–Trinajstić information content (AvgIpc) is 2.74. The van der Waals surface area contributed by atoms with Crippen LogP contribution in [0.3, 0.4) is 0 Å². The molecule has 0 aliphatic carbocycles. The van der Waals surface area contributed by atoms with E-state index in [0.717, 1.165) is 10.4 Å². The van der Waals surface area contributed by atoms with E-state index in [1.165, 1.54) is 0 Å². The van der Waals surface area contributed by atoms with E-state index >= 15 is 0 Å². The molecule has 0 fully saturated rings. The maximum Gasteiger partial charge on any atom is 0.134 e. The first-order valence-corrected chi connectivity index (χ1v) is 6.14. The number of para-hydroxylation sites is 1. The standard InChI is InChI=1S/C11H10BrNOS.ClH/c12-8-4-1-3-7(11(8)14)10(13)9-5-2-6-15-9;/h1-6,10,14H,13H2;1H/t10-;/m0./s1. The molecule has 0 spiro atoms. The fourth-order valence-electron chi connectivity index (χ4n) is 1.40. The molecule has 1 aromatic heterocycles. The maximum absolute atomic E-state index is 9.84. The van der Waals surface area contributed by atoms with Gasteiger partial charge in [0.25, 0.3) is 0 Å². The normalized spacial score (nSPS) is 11.9. The number of rotatable bonds is 2. The lowest BCUT2D eigenvalue weighted by atomic mass is 10.1. The number of benzene rings is 1. The summed E-state index contributed by atoms with van der Waals surface area (Å²) in [5, 5.41) is 11.8. The summed E-state index contributed by atoms with van der Waals surface area (Å²) in [6.07, 6.45) is 0. The van der Waals surface area contributed by atoms with Gasteiger partial charge in [-0.1, -0.05) is 18.2 Å². The first-order valence-electron chi connectivity index (χ1n) is 4.46. The Kier molecular flexibility index (Phi) is 4.80.